The first kappa shape index (κ1) is 15.0. The Morgan fingerprint density at radius 3 is 2.80 bits per heavy atom. The van der Waals surface area contributed by atoms with Crippen LogP contribution in [0.4, 0.5) is 0 Å². The predicted molar refractivity (Wildman–Crippen MR) is 82.5 cm³/mol. The smallest absolute Gasteiger partial charge is 0.223 e. The van der Waals surface area contributed by atoms with E-state index < -0.39 is 0 Å². The van der Waals surface area contributed by atoms with Crippen LogP contribution in [0.15, 0.2) is 30.3 Å². The second kappa shape index (κ2) is 7.44. The molecule has 0 aliphatic carbocycles. The Bertz CT molecular complexity index is 416. The van der Waals surface area contributed by atoms with E-state index in [9.17, 15) is 4.79 Å². The number of carbonyl (C=O) groups is 1. The van der Waals surface area contributed by atoms with Crippen LogP contribution in [0.3, 0.4) is 0 Å². The van der Waals surface area contributed by atoms with E-state index in [4.69, 9.17) is 0 Å². The van der Waals surface area contributed by atoms with Crippen molar-refractivity contribution in [2.75, 3.05) is 13.1 Å². The number of nitrogens with one attached hydrogen (secondary N) is 1. The number of amides is 1. The monoisotopic (exact) mass is 274 g/mol. The van der Waals surface area contributed by atoms with Gasteiger partial charge in [0, 0.05) is 19.0 Å². The van der Waals surface area contributed by atoms with Crippen molar-refractivity contribution in [3.05, 3.63) is 35.9 Å². The van der Waals surface area contributed by atoms with Gasteiger partial charge in [-0.1, -0.05) is 44.2 Å². The van der Waals surface area contributed by atoms with Crippen molar-refractivity contribution in [2.45, 2.75) is 51.6 Å². The Morgan fingerprint density at radius 2 is 2.10 bits per heavy atom. The van der Waals surface area contributed by atoms with E-state index in [-0.39, 0.29) is 0 Å². The SMILES string of the molecule is CC(C)NCCCC(=O)N1CCCC1c1ccccc1. The molecule has 0 radical (unpaired) electrons. The van der Waals surface area contributed by atoms with Gasteiger partial charge in [-0.25, -0.2) is 0 Å². The molecule has 1 aliphatic rings. The summed E-state index contributed by atoms with van der Waals surface area (Å²) in [5.41, 5.74) is 1.28. The van der Waals surface area contributed by atoms with Gasteiger partial charge in [0.15, 0.2) is 0 Å². The molecule has 110 valence electrons. The van der Waals surface area contributed by atoms with E-state index in [1.165, 1.54) is 5.56 Å². The summed E-state index contributed by atoms with van der Waals surface area (Å²) < 4.78 is 0. The van der Waals surface area contributed by atoms with Gasteiger partial charge in [-0.2, -0.15) is 0 Å². The molecule has 0 aromatic heterocycles. The largest absolute Gasteiger partial charge is 0.336 e. The molecule has 1 aromatic rings. The summed E-state index contributed by atoms with van der Waals surface area (Å²) in [4.78, 5) is 14.4. The van der Waals surface area contributed by atoms with Gasteiger partial charge in [-0.05, 0) is 31.4 Å². The highest BCUT2D eigenvalue weighted by Crippen LogP contribution is 2.32. The summed E-state index contributed by atoms with van der Waals surface area (Å²) in [5, 5.41) is 3.36. The summed E-state index contributed by atoms with van der Waals surface area (Å²) in [7, 11) is 0. The van der Waals surface area contributed by atoms with Crippen molar-refractivity contribution < 1.29 is 4.79 Å². The zero-order chi connectivity index (χ0) is 14.4. The van der Waals surface area contributed by atoms with E-state index in [1.54, 1.807) is 0 Å². The molecule has 0 bridgehead atoms. The van der Waals surface area contributed by atoms with Gasteiger partial charge in [0.25, 0.3) is 0 Å². The maximum absolute atomic E-state index is 12.4. The highest BCUT2D eigenvalue weighted by atomic mass is 16.2. The predicted octanol–water partition coefficient (Wildman–Crippen LogP) is 3.13. The molecule has 1 unspecified atom stereocenters. The lowest BCUT2D eigenvalue weighted by molar-refractivity contribution is -0.132. The summed E-state index contributed by atoms with van der Waals surface area (Å²) >= 11 is 0. The molecule has 1 fully saturated rings. The minimum absolute atomic E-state index is 0.293. The van der Waals surface area contributed by atoms with Crippen molar-refractivity contribution in [3.8, 4) is 0 Å². The lowest BCUT2D eigenvalue weighted by Crippen LogP contribution is -2.31. The van der Waals surface area contributed by atoms with Gasteiger partial charge in [-0.3, -0.25) is 4.79 Å². The third-order valence-electron chi connectivity index (χ3n) is 3.88. The number of carbonyl (C=O) groups excluding carboxylic acids is 1. The Hall–Kier alpha value is -1.35. The summed E-state index contributed by atoms with van der Waals surface area (Å²) in [6.45, 7) is 6.10. The summed E-state index contributed by atoms with van der Waals surface area (Å²) in [6.07, 6.45) is 3.80. The molecule has 20 heavy (non-hydrogen) atoms. The second-order valence-electron chi connectivity index (χ2n) is 5.87. The molecule has 2 rings (SSSR count). The molecule has 1 N–H and O–H groups in total. The number of benzene rings is 1. The van der Waals surface area contributed by atoms with E-state index in [2.05, 4.69) is 48.3 Å². The van der Waals surface area contributed by atoms with Crippen LogP contribution >= 0.6 is 0 Å². The average Bonchev–Trinajstić information content (AvgIpc) is 2.93. The minimum Gasteiger partial charge on any atom is -0.336 e. The number of rotatable bonds is 6. The standard InChI is InChI=1S/C17H26N2O/c1-14(2)18-12-6-11-17(20)19-13-7-10-16(19)15-8-4-3-5-9-15/h3-5,8-9,14,16,18H,6-7,10-13H2,1-2H3. The first-order chi connectivity index (χ1) is 9.68. The third kappa shape index (κ3) is 4.07. The van der Waals surface area contributed by atoms with Gasteiger partial charge >= 0.3 is 0 Å². The molecule has 3 nitrogen and oxygen atoms in total. The Labute approximate surface area is 122 Å². The van der Waals surface area contributed by atoms with Crippen LogP contribution in [0.25, 0.3) is 0 Å². The molecule has 1 aromatic carbocycles. The molecule has 1 saturated heterocycles. The number of likely N-dealkylation sites (tertiary alicyclic amines) is 1. The average molecular weight is 274 g/mol. The first-order valence-corrected chi connectivity index (χ1v) is 7.76. The zero-order valence-electron chi connectivity index (χ0n) is 12.6. The number of nitrogens with zero attached hydrogens (tertiary/aromatic N) is 1. The van der Waals surface area contributed by atoms with Gasteiger partial charge in [-0.15, -0.1) is 0 Å². The molecule has 3 heteroatoms. The number of hydrogen-bond donors (Lipinski definition) is 1. The molecule has 1 amide bonds. The van der Waals surface area contributed by atoms with Crippen LogP contribution in [-0.4, -0.2) is 29.9 Å². The van der Waals surface area contributed by atoms with Crippen LogP contribution in [0, 0.1) is 0 Å². The van der Waals surface area contributed by atoms with E-state index in [0.29, 0.717) is 24.4 Å². The maximum Gasteiger partial charge on any atom is 0.223 e. The van der Waals surface area contributed by atoms with Crippen molar-refractivity contribution >= 4 is 5.91 Å². The Balaban J connectivity index is 1.86. The van der Waals surface area contributed by atoms with E-state index in [1.807, 2.05) is 6.07 Å². The van der Waals surface area contributed by atoms with Crippen LogP contribution in [0.5, 0.6) is 0 Å². The van der Waals surface area contributed by atoms with E-state index in [0.717, 1.165) is 32.4 Å². The molecule has 1 atom stereocenters. The van der Waals surface area contributed by atoms with E-state index >= 15 is 0 Å². The van der Waals surface area contributed by atoms with Crippen LogP contribution < -0.4 is 5.32 Å². The normalized spacial score (nSPS) is 18.8. The maximum atomic E-state index is 12.4. The molecule has 1 heterocycles. The molecular weight excluding hydrogens is 248 g/mol. The first-order valence-electron chi connectivity index (χ1n) is 7.76. The van der Waals surface area contributed by atoms with Crippen molar-refractivity contribution in [1.82, 2.24) is 10.2 Å². The fraction of sp³-hybridized carbons (Fsp3) is 0.588. The third-order valence-corrected chi connectivity index (χ3v) is 3.88. The number of hydrogen-bond acceptors (Lipinski definition) is 2. The van der Waals surface area contributed by atoms with Crippen molar-refractivity contribution in [1.29, 1.82) is 0 Å². The Morgan fingerprint density at radius 1 is 1.35 bits per heavy atom. The lowest BCUT2D eigenvalue weighted by atomic mass is 10.0. The van der Waals surface area contributed by atoms with Gasteiger partial charge < -0.3 is 10.2 Å². The van der Waals surface area contributed by atoms with Crippen LogP contribution in [0.2, 0.25) is 0 Å². The fourth-order valence-corrected chi connectivity index (χ4v) is 2.86. The fourth-order valence-electron chi connectivity index (χ4n) is 2.86. The minimum atomic E-state index is 0.293. The zero-order valence-corrected chi connectivity index (χ0v) is 12.6. The van der Waals surface area contributed by atoms with Crippen molar-refractivity contribution in [3.63, 3.8) is 0 Å². The lowest BCUT2D eigenvalue weighted by Gasteiger charge is -2.25. The molecule has 1 aliphatic heterocycles. The molecule has 0 spiro atoms. The highest BCUT2D eigenvalue weighted by molar-refractivity contribution is 5.77. The van der Waals surface area contributed by atoms with Gasteiger partial charge in [0.1, 0.15) is 0 Å². The van der Waals surface area contributed by atoms with Crippen molar-refractivity contribution in [2.24, 2.45) is 0 Å². The second-order valence-corrected chi connectivity index (χ2v) is 5.87. The Kier molecular flexibility index (Phi) is 5.60. The quantitative estimate of drug-likeness (QED) is 0.808. The summed E-state index contributed by atoms with van der Waals surface area (Å²) in [6, 6.07) is 11.2. The highest BCUT2D eigenvalue weighted by Gasteiger charge is 2.29. The molecular formula is C17H26N2O. The molecule has 0 saturated carbocycles. The van der Waals surface area contributed by atoms with Crippen LogP contribution in [0.1, 0.15) is 51.1 Å². The topological polar surface area (TPSA) is 32.3 Å². The van der Waals surface area contributed by atoms with Gasteiger partial charge in [0.2, 0.25) is 5.91 Å². The van der Waals surface area contributed by atoms with Crippen LogP contribution in [-0.2, 0) is 4.79 Å². The summed E-state index contributed by atoms with van der Waals surface area (Å²) in [5.74, 6) is 0.307. The van der Waals surface area contributed by atoms with Gasteiger partial charge in [0.05, 0.1) is 6.04 Å².